The summed E-state index contributed by atoms with van der Waals surface area (Å²) in [4.78, 5) is 0. The lowest BCUT2D eigenvalue weighted by atomic mass is 10.4. The second-order valence-corrected chi connectivity index (χ2v) is 30.1. The van der Waals surface area contributed by atoms with Crippen LogP contribution in [0.1, 0.15) is 0 Å². The molecule has 21 heavy (non-hydrogen) atoms. The van der Waals surface area contributed by atoms with Crippen molar-refractivity contribution in [1.29, 1.82) is 0 Å². The van der Waals surface area contributed by atoms with E-state index in [9.17, 15) is 0 Å². The van der Waals surface area contributed by atoms with E-state index < -0.39 is 24.2 Å². The van der Waals surface area contributed by atoms with Gasteiger partial charge in [0.05, 0.1) is 8.07 Å². The van der Waals surface area contributed by atoms with Crippen LogP contribution in [0, 0.1) is 0 Å². The average molecular weight is 352 g/mol. The predicted molar refractivity (Wildman–Crippen MR) is 110 cm³/mol. The number of hydrogen-bond donors (Lipinski definition) is 0. The minimum absolute atomic E-state index is 0.366. The van der Waals surface area contributed by atoms with E-state index in [1.54, 1.807) is 5.19 Å². The highest BCUT2D eigenvalue weighted by Gasteiger charge is 2.63. The smallest absolute Gasteiger partial charge is 0.0715 e. The van der Waals surface area contributed by atoms with Gasteiger partial charge in [0.25, 0.3) is 0 Å². The summed E-state index contributed by atoms with van der Waals surface area (Å²) in [7, 11) is -4.46. The molecule has 1 aromatic rings. The van der Waals surface area contributed by atoms with Gasteiger partial charge in [-0.25, -0.2) is 0 Å². The molecule has 0 saturated carbocycles. The molecular formula is C17H35Si4. The van der Waals surface area contributed by atoms with Crippen molar-refractivity contribution < 1.29 is 0 Å². The first-order chi connectivity index (χ1) is 9.30. The Morgan fingerprint density at radius 3 is 1.38 bits per heavy atom. The lowest BCUT2D eigenvalue weighted by Crippen LogP contribution is -2.75. The first kappa shape index (κ1) is 19.1. The monoisotopic (exact) mass is 351 g/mol. The van der Waals surface area contributed by atoms with Gasteiger partial charge in [-0.15, -0.1) is 0 Å². The van der Waals surface area contributed by atoms with Crippen LogP contribution in [-0.2, 0) is 0 Å². The minimum Gasteiger partial charge on any atom is -0.0715 e. The molecule has 1 aromatic carbocycles. The van der Waals surface area contributed by atoms with Gasteiger partial charge in [-0.1, -0.05) is 101 Å². The minimum atomic E-state index is -1.52. The van der Waals surface area contributed by atoms with Gasteiger partial charge in [-0.3, -0.25) is 0 Å². The molecule has 0 amide bonds. The number of benzene rings is 1. The summed E-state index contributed by atoms with van der Waals surface area (Å²) < 4.78 is 0.693. The second-order valence-electron chi connectivity index (χ2n) is 9.24. The van der Waals surface area contributed by atoms with Crippen molar-refractivity contribution in [2.75, 3.05) is 0 Å². The van der Waals surface area contributed by atoms with Gasteiger partial charge in [0, 0.05) is 24.9 Å². The van der Waals surface area contributed by atoms with Gasteiger partial charge >= 0.3 is 0 Å². The molecule has 1 radical (unpaired) electrons. The van der Waals surface area contributed by atoms with E-state index in [4.69, 9.17) is 0 Å². The Hall–Kier alpha value is 0.0875. The van der Waals surface area contributed by atoms with Crippen LogP contribution in [0.2, 0.25) is 69.4 Å². The topological polar surface area (TPSA) is 0 Å². The number of rotatable bonds is 5. The molecule has 0 atom stereocenters. The summed E-state index contributed by atoms with van der Waals surface area (Å²) in [6.07, 6.45) is 0. The van der Waals surface area contributed by atoms with Crippen molar-refractivity contribution in [3.8, 4) is 0 Å². The summed E-state index contributed by atoms with van der Waals surface area (Å²) in [5.41, 5.74) is 0. The third-order valence-corrected chi connectivity index (χ3v) is 38.7. The maximum atomic E-state index is 2.68. The maximum absolute atomic E-state index is 2.68. The Morgan fingerprint density at radius 2 is 1.10 bits per heavy atom. The Labute approximate surface area is 138 Å². The summed E-state index contributed by atoms with van der Waals surface area (Å²) in [5.74, 6) is 0. The van der Waals surface area contributed by atoms with Gasteiger partial charge < -0.3 is 0 Å². The van der Waals surface area contributed by atoms with Crippen LogP contribution in [0.15, 0.2) is 30.3 Å². The normalized spacial score (nSPS) is 14.6. The summed E-state index contributed by atoms with van der Waals surface area (Å²) in [6, 6.07) is 11.5. The van der Waals surface area contributed by atoms with Crippen LogP contribution in [0.5, 0.6) is 0 Å². The Kier molecular flexibility index (Phi) is 5.42. The van der Waals surface area contributed by atoms with E-state index in [0.717, 1.165) is 0 Å². The van der Waals surface area contributed by atoms with Crippen LogP contribution >= 0.6 is 0 Å². The molecule has 119 valence electrons. The maximum Gasteiger partial charge on any atom is 0.0788 e. The first-order valence-electron chi connectivity index (χ1n) is 8.16. The highest BCUT2D eigenvalue weighted by Crippen LogP contribution is 2.55. The number of hydrogen-bond acceptors (Lipinski definition) is 0. The van der Waals surface area contributed by atoms with Crippen molar-refractivity contribution in [2.45, 2.75) is 69.4 Å². The molecule has 0 nitrogen and oxygen atoms in total. The van der Waals surface area contributed by atoms with Gasteiger partial charge in [0.15, 0.2) is 0 Å². The van der Waals surface area contributed by atoms with E-state index in [0.29, 0.717) is 3.91 Å². The molecule has 4 heteroatoms. The van der Waals surface area contributed by atoms with Crippen molar-refractivity contribution >= 4 is 38.2 Å². The van der Waals surface area contributed by atoms with Gasteiger partial charge in [-0.2, -0.15) is 0 Å². The highest BCUT2D eigenvalue weighted by molar-refractivity contribution is 7.28. The highest BCUT2D eigenvalue weighted by atomic mass is 28.5. The summed E-state index contributed by atoms with van der Waals surface area (Å²) in [6.45, 7) is 26.5. The Bertz CT molecular complexity index is 450. The van der Waals surface area contributed by atoms with E-state index in [1.165, 1.54) is 0 Å². The molecule has 0 aliphatic heterocycles. The van der Waals surface area contributed by atoms with Crippen molar-refractivity contribution in [3.05, 3.63) is 30.3 Å². The lowest BCUT2D eigenvalue weighted by Gasteiger charge is -2.62. The molecule has 0 unspecified atom stereocenters. The quantitative estimate of drug-likeness (QED) is 0.624. The molecule has 0 heterocycles. The molecular weight excluding hydrogens is 317 g/mol. The van der Waals surface area contributed by atoms with Gasteiger partial charge in [-0.05, 0) is 3.91 Å². The Morgan fingerprint density at radius 1 is 0.714 bits per heavy atom. The van der Waals surface area contributed by atoms with Gasteiger partial charge in [0.1, 0.15) is 0 Å². The standard InChI is InChI=1S/C17H35Si4/c1-18(2)17(19(3,4)5,20(6,7)8)21(9,10)16-14-12-11-13-15-16/h11-15H,1-10H3. The average Bonchev–Trinajstić information content (AvgIpc) is 2.25. The molecule has 0 saturated heterocycles. The van der Waals surface area contributed by atoms with Crippen LogP contribution in [0.3, 0.4) is 0 Å². The van der Waals surface area contributed by atoms with E-state index >= 15 is 0 Å². The third kappa shape index (κ3) is 2.96. The zero-order chi connectivity index (χ0) is 16.7. The fraction of sp³-hybridized carbons (Fsp3) is 0.647. The van der Waals surface area contributed by atoms with Gasteiger partial charge in [0.2, 0.25) is 0 Å². The molecule has 0 aliphatic rings. The van der Waals surface area contributed by atoms with Crippen LogP contribution in [-0.4, -0.2) is 33.0 Å². The Balaban J connectivity index is 3.73. The largest absolute Gasteiger partial charge is 0.0788 e. The van der Waals surface area contributed by atoms with Crippen LogP contribution < -0.4 is 5.19 Å². The van der Waals surface area contributed by atoms with Crippen molar-refractivity contribution in [2.24, 2.45) is 0 Å². The molecule has 0 bridgehead atoms. The van der Waals surface area contributed by atoms with E-state index in [-0.39, 0.29) is 8.80 Å². The van der Waals surface area contributed by atoms with Crippen molar-refractivity contribution in [1.82, 2.24) is 0 Å². The second kappa shape index (κ2) is 5.94. The zero-order valence-corrected chi connectivity index (χ0v) is 19.9. The fourth-order valence-corrected chi connectivity index (χ4v) is 50.0. The lowest BCUT2D eigenvalue weighted by molar-refractivity contribution is 1.22. The van der Waals surface area contributed by atoms with Crippen LogP contribution in [0.4, 0.5) is 0 Å². The third-order valence-electron chi connectivity index (χ3n) is 5.43. The van der Waals surface area contributed by atoms with Crippen LogP contribution in [0.25, 0.3) is 0 Å². The molecule has 0 N–H and O–H groups in total. The summed E-state index contributed by atoms with van der Waals surface area (Å²) >= 11 is 0. The molecule has 0 aliphatic carbocycles. The fourth-order valence-electron chi connectivity index (χ4n) is 6.20. The first-order valence-corrected chi connectivity index (χ1v) is 20.7. The van der Waals surface area contributed by atoms with E-state index in [2.05, 4.69) is 95.8 Å². The SMILES string of the molecule is C[Si](C)C([Si](C)(C)C)([Si](C)(C)C)[Si](C)(C)c1ccccc1. The van der Waals surface area contributed by atoms with Crippen molar-refractivity contribution in [3.63, 3.8) is 0 Å². The predicted octanol–water partition coefficient (Wildman–Crippen LogP) is 5.39. The zero-order valence-electron chi connectivity index (χ0n) is 15.9. The molecule has 0 fully saturated rings. The van der Waals surface area contributed by atoms with E-state index in [1.807, 2.05) is 0 Å². The molecule has 0 aromatic heterocycles. The molecule has 0 spiro atoms. The summed E-state index contributed by atoms with van der Waals surface area (Å²) in [5, 5.41) is 1.68. The molecule has 1 rings (SSSR count).